The van der Waals surface area contributed by atoms with Crippen molar-refractivity contribution in [3.63, 3.8) is 0 Å². The maximum absolute atomic E-state index is 11.9. The summed E-state index contributed by atoms with van der Waals surface area (Å²) >= 11 is 1.52. The second-order valence-electron chi connectivity index (χ2n) is 3.96. The van der Waals surface area contributed by atoms with E-state index in [-0.39, 0.29) is 10.9 Å². The molecule has 0 spiro atoms. The van der Waals surface area contributed by atoms with Crippen LogP contribution in [-0.4, -0.2) is 29.9 Å². The average Bonchev–Trinajstić information content (AvgIpc) is 2.96. The lowest BCUT2D eigenvalue weighted by atomic mass is 10.2. The molecule has 8 heteroatoms. The van der Waals surface area contributed by atoms with Crippen LogP contribution in [0.4, 0.5) is 0 Å². The second-order valence-corrected chi connectivity index (χ2v) is 6.62. The molecule has 18 heavy (non-hydrogen) atoms. The Morgan fingerprint density at radius 3 is 2.83 bits per heavy atom. The second kappa shape index (κ2) is 5.17. The summed E-state index contributed by atoms with van der Waals surface area (Å²) in [5, 5.41) is 2.88. The molecule has 0 fully saturated rings. The van der Waals surface area contributed by atoms with Gasteiger partial charge in [0.05, 0.1) is 11.2 Å². The summed E-state index contributed by atoms with van der Waals surface area (Å²) in [4.78, 5) is 10.7. The van der Waals surface area contributed by atoms with Gasteiger partial charge in [0.25, 0.3) is 10.0 Å². The van der Waals surface area contributed by atoms with E-state index < -0.39 is 10.0 Å². The van der Waals surface area contributed by atoms with E-state index in [1.807, 2.05) is 12.3 Å². The number of hydrogen-bond acceptors (Lipinski definition) is 5. The maximum atomic E-state index is 11.9. The number of H-pyrrole nitrogens is 1. The van der Waals surface area contributed by atoms with Crippen LogP contribution >= 0.6 is 11.3 Å². The lowest BCUT2D eigenvalue weighted by Gasteiger charge is -2.09. The molecule has 0 bridgehead atoms. The molecule has 2 rings (SSSR count). The number of imidazole rings is 1. The third-order valence-corrected chi connectivity index (χ3v) is 4.76. The van der Waals surface area contributed by atoms with Crippen molar-refractivity contribution < 1.29 is 8.42 Å². The van der Waals surface area contributed by atoms with Crippen LogP contribution in [0, 0.1) is 6.92 Å². The summed E-state index contributed by atoms with van der Waals surface area (Å²) in [6.07, 6.45) is 3.02. The first kappa shape index (κ1) is 13.2. The van der Waals surface area contributed by atoms with Crippen molar-refractivity contribution in [2.24, 2.45) is 0 Å². The fraction of sp³-hybridized carbons (Fsp3) is 0.400. The number of thiazole rings is 1. The van der Waals surface area contributed by atoms with Gasteiger partial charge in [0, 0.05) is 24.0 Å². The molecule has 0 aliphatic heterocycles. The highest BCUT2D eigenvalue weighted by Gasteiger charge is 2.18. The molecule has 2 heterocycles. The Morgan fingerprint density at radius 1 is 1.50 bits per heavy atom. The number of sulfonamides is 1. The number of nitrogens with zero attached hydrogens (tertiary/aromatic N) is 2. The number of aromatic amines is 1. The van der Waals surface area contributed by atoms with Crippen molar-refractivity contribution in [1.82, 2.24) is 19.7 Å². The predicted molar refractivity (Wildman–Crippen MR) is 69.0 cm³/mol. The normalized spacial score (nSPS) is 13.7. The molecular weight excluding hydrogens is 272 g/mol. The average molecular weight is 286 g/mol. The molecule has 2 aromatic rings. The minimum atomic E-state index is -3.52. The molecule has 0 saturated carbocycles. The van der Waals surface area contributed by atoms with Crippen molar-refractivity contribution in [1.29, 1.82) is 0 Å². The fourth-order valence-corrected chi connectivity index (χ4v) is 3.21. The van der Waals surface area contributed by atoms with Gasteiger partial charge in [-0.1, -0.05) is 6.92 Å². The Morgan fingerprint density at radius 2 is 2.28 bits per heavy atom. The molecule has 0 aliphatic carbocycles. The third-order valence-electron chi connectivity index (χ3n) is 2.42. The van der Waals surface area contributed by atoms with Crippen molar-refractivity contribution in [2.75, 3.05) is 6.54 Å². The van der Waals surface area contributed by atoms with Gasteiger partial charge in [0.15, 0.2) is 5.03 Å². The first-order valence-electron chi connectivity index (χ1n) is 5.39. The predicted octanol–water partition coefficient (Wildman–Crippen LogP) is 1.26. The van der Waals surface area contributed by atoms with Crippen LogP contribution in [0.15, 0.2) is 22.8 Å². The number of rotatable bonds is 5. The van der Waals surface area contributed by atoms with E-state index in [2.05, 4.69) is 19.7 Å². The van der Waals surface area contributed by atoms with Crippen LogP contribution in [0.25, 0.3) is 0 Å². The topological polar surface area (TPSA) is 87.7 Å². The van der Waals surface area contributed by atoms with Crippen LogP contribution in [-0.2, 0) is 10.0 Å². The summed E-state index contributed by atoms with van der Waals surface area (Å²) in [6.45, 7) is 3.95. The molecular formula is C10H14N4O2S2. The molecule has 1 atom stereocenters. The number of hydrogen-bond donors (Lipinski definition) is 2. The van der Waals surface area contributed by atoms with Gasteiger partial charge in [-0.05, 0) is 6.92 Å². The van der Waals surface area contributed by atoms with E-state index in [9.17, 15) is 8.42 Å². The molecule has 0 saturated heterocycles. The zero-order valence-corrected chi connectivity index (χ0v) is 11.7. The quantitative estimate of drug-likeness (QED) is 0.866. The van der Waals surface area contributed by atoms with Crippen LogP contribution in [0.5, 0.6) is 0 Å². The van der Waals surface area contributed by atoms with E-state index in [0.717, 1.165) is 5.01 Å². The SMILES string of the molecule is Cc1ncc(S(=O)(=O)NCC(C)c2nccs2)[nH]1. The Hall–Kier alpha value is -1.25. The summed E-state index contributed by atoms with van der Waals surface area (Å²) < 4.78 is 26.4. The van der Waals surface area contributed by atoms with E-state index in [4.69, 9.17) is 0 Å². The van der Waals surface area contributed by atoms with Gasteiger partial charge in [-0.2, -0.15) is 0 Å². The van der Waals surface area contributed by atoms with Crippen LogP contribution in [0.1, 0.15) is 23.7 Å². The standard InChI is InChI=1S/C10H14N4O2S2/c1-7(10-11-3-4-17-10)5-13-18(15,16)9-6-12-8(2)14-9/h3-4,6-7,13H,5H2,1-2H3,(H,12,14). The summed E-state index contributed by atoms with van der Waals surface area (Å²) in [7, 11) is -3.52. The van der Waals surface area contributed by atoms with Crippen LogP contribution in [0.2, 0.25) is 0 Å². The van der Waals surface area contributed by atoms with Gasteiger partial charge in [0.1, 0.15) is 5.82 Å². The number of aryl methyl sites for hydroxylation is 1. The summed E-state index contributed by atoms with van der Waals surface area (Å²) in [5.74, 6) is 0.618. The first-order chi connectivity index (χ1) is 8.49. The first-order valence-corrected chi connectivity index (χ1v) is 7.76. The Balaban J connectivity index is 2.02. The van der Waals surface area contributed by atoms with Gasteiger partial charge in [0.2, 0.25) is 0 Å². The number of nitrogens with one attached hydrogen (secondary N) is 2. The van der Waals surface area contributed by atoms with Gasteiger partial charge in [-0.15, -0.1) is 11.3 Å². The van der Waals surface area contributed by atoms with E-state index in [1.165, 1.54) is 17.5 Å². The Labute approximate surface area is 110 Å². The van der Waals surface area contributed by atoms with Crippen molar-refractivity contribution in [2.45, 2.75) is 24.8 Å². The lowest BCUT2D eigenvalue weighted by Crippen LogP contribution is -2.28. The Bertz CT molecular complexity index is 604. The van der Waals surface area contributed by atoms with Crippen LogP contribution in [0.3, 0.4) is 0 Å². The van der Waals surface area contributed by atoms with Gasteiger partial charge in [-0.25, -0.2) is 23.1 Å². The smallest absolute Gasteiger partial charge is 0.257 e. The van der Waals surface area contributed by atoms with Crippen LogP contribution < -0.4 is 4.72 Å². The van der Waals surface area contributed by atoms with Gasteiger partial charge >= 0.3 is 0 Å². The fourth-order valence-electron chi connectivity index (χ4n) is 1.41. The molecule has 98 valence electrons. The molecule has 0 aliphatic rings. The zero-order valence-electron chi connectivity index (χ0n) is 10.0. The molecule has 1 unspecified atom stereocenters. The minimum Gasteiger partial charge on any atom is -0.332 e. The highest BCUT2D eigenvalue weighted by molar-refractivity contribution is 7.89. The summed E-state index contributed by atoms with van der Waals surface area (Å²) in [5.41, 5.74) is 0. The molecule has 2 aromatic heterocycles. The van der Waals surface area contributed by atoms with Crippen molar-refractivity contribution in [3.8, 4) is 0 Å². The monoisotopic (exact) mass is 286 g/mol. The van der Waals surface area contributed by atoms with E-state index in [1.54, 1.807) is 13.1 Å². The molecule has 0 radical (unpaired) electrons. The minimum absolute atomic E-state index is 0.0452. The zero-order chi connectivity index (χ0) is 13.2. The van der Waals surface area contributed by atoms with Crippen molar-refractivity contribution in [3.05, 3.63) is 28.6 Å². The maximum Gasteiger partial charge on any atom is 0.257 e. The van der Waals surface area contributed by atoms with Gasteiger partial charge < -0.3 is 4.98 Å². The van der Waals surface area contributed by atoms with Crippen molar-refractivity contribution >= 4 is 21.4 Å². The van der Waals surface area contributed by atoms with E-state index >= 15 is 0 Å². The molecule has 0 amide bonds. The largest absolute Gasteiger partial charge is 0.332 e. The highest BCUT2D eigenvalue weighted by atomic mass is 32.2. The molecule has 6 nitrogen and oxygen atoms in total. The van der Waals surface area contributed by atoms with Gasteiger partial charge in [-0.3, -0.25) is 0 Å². The molecule has 2 N–H and O–H groups in total. The third kappa shape index (κ3) is 2.95. The highest BCUT2D eigenvalue weighted by Crippen LogP contribution is 2.17. The molecule has 0 aromatic carbocycles. The number of aromatic nitrogens is 3. The van der Waals surface area contributed by atoms with E-state index in [0.29, 0.717) is 12.4 Å². The summed E-state index contributed by atoms with van der Waals surface area (Å²) in [6, 6.07) is 0. The Kier molecular flexibility index (Phi) is 3.79. The lowest BCUT2D eigenvalue weighted by molar-refractivity contribution is 0.571.